The van der Waals surface area contributed by atoms with Crippen molar-refractivity contribution in [3.8, 4) is 22.4 Å². The van der Waals surface area contributed by atoms with Crippen LogP contribution in [0.1, 0.15) is 22.8 Å². The summed E-state index contributed by atoms with van der Waals surface area (Å²) in [5.74, 6) is -0.157. The average molecular weight is 438 g/mol. The fraction of sp³-hybridized carbons (Fsp3) is 0.250. The quantitative estimate of drug-likeness (QED) is 0.633. The van der Waals surface area contributed by atoms with E-state index in [2.05, 4.69) is 5.43 Å². The van der Waals surface area contributed by atoms with Gasteiger partial charge in [0.2, 0.25) is 0 Å². The number of amides is 1. The lowest BCUT2D eigenvalue weighted by Gasteiger charge is -2.28. The van der Waals surface area contributed by atoms with E-state index in [0.29, 0.717) is 48.1 Å². The number of hydrogen-bond donors (Lipinski definition) is 1. The normalized spacial score (nSPS) is 12.0. The van der Waals surface area contributed by atoms with Gasteiger partial charge in [-0.15, -0.1) is 0 Å². The highest BCUT2D eigenvalue weighted by Gasteiger charge is 2.28. The van der Waals surface area contributed by atoms with Gasteiger partial charge in [-0.2, -0.15) is 0 Å². The van der Waals surface area contributed by atoms with E-state index in [1.54, 1.807) is 18.1 Å². The number of pyridine rings is 1. The minimum absolute atomic E-state index is 0.157. The van der Waals surface area contributed by atoms with Crippen LogP contribution in [0, 0.1) is 0 Å². The molecule has 2 aromatic carbocycles. The largest absolute Gasteiger partial charge is 0.383 e. The molecule has 0 bridgehead atoms. The molecule has 1 aliphatic rings. The molecule has 0 radical (unpaired) electrons. The molecule has 0 saturated heterocycles. The molecular weight excluding hydrogens is 414 g/mol. The van der Waals surface area contributed by atoms with Gasteiger partial charge < -0.3 is 15.1 Å². The number of nitrogens with one attached hydrogen (secondary N) is 1. The zero-order valence-corrected chi connectivity index (χ0v) is 18.3. The van der Waals surface area contributed by atoms with Crippen molar-refractivity contribution in [1.82, 2.24) is 9.58 Å². The van der Waals surface area contributed by atoms with Crippen molar-refractivity contribution in [2.24, 2.45) is 0 Å². The molecule has 6 nitrogen and oxygen atoms in total. The van der Waals surface area contributed by atoms with Crippen LogP contribution in [0.3, 0.4) is 0 Å². The number of halogens is 1. The highest BCUT2D eigenvalue weighted by Crippen LogP contribution is 2.34. The Morgan fingerprint density at radius 2 is 1.94 bits per heavy atom. The first kappa shape index (κ1) is 21.2. The Labute approximate surface area is 186 Å². The zero-order valence-electron chi connectivity index (χ0n) is 17.5. The van der Waals surface area contributed by atoms with Gasteiger partial charge >= 0.3 is 0 Å². The first-order valence-electron chi connectivity index (χ1n) is 10.2. The minimum Gasteiger partial charge on any atom is -0.383 e. The Kier molecular flexibility index (Phi) is 6.11. The second kappa shape index (κ2) is 8.96. The third-order valence-corrected chi connectivity index (χ3v) is 5.74. The Morgan fingerprint density at radius 3 is 2.65 bits per heavy atom. The number of nitrogens with zero attached hydrogens (tertiary/aromatic N) is 2. The first-order valence-corrected chi connectivity index (χ1v) is 10.6. The van der Waals surface area contributed by atoms with Crippen LogP contribution in [-0.4, -0.2) is 42.3 Å². The molecule has 160 valence electrons. The molecule has 1 aromatic heterocycles. The van der Waals surface area contributed by atoms with Gasteiger partial charge in [0.05, 0.1) is 24.4 Å². The van der Waals surface area contributed by atoms with Crippen LogP contribution < -0.4 is 11.0 Å². The van der Waals surface area contributed by atoms with E-state index in [9.17, 15) is 9.59 Å². The molecule has 0 spiro atoms. The van der Waals surface area contributed by atoms with E-state index in [-0.39, 0.29) is 11.5 Å². The van der Waals surface area contributed by atoms with Crippen molar-refractivity contribution >= 4 is 17.5 Å². The number of methoxy groups -OCH3 is 1. The molecule has 0 aliphatic carbocycles. The zero-order chi connectivity index (χ0) is 22.0. The highest BCUT2D eigenvalue weighted by molar-refractivity contribution is 6.31. The van der Waals surface area contributed by atoms with Crippen LogP contribution in [0.15, 0.2) is 59.4 Å². The Bertz CT molecular complexity index is 1170. The first-order chi connectivity index (χ1) is 15.0. The summed E-state index contributed by atoms with van der Waals surface area (Å²) in [6, 6.07) is 16.6. The van der Waals surface area contributed by atoms with Gasteiger partial charge in [0, 0.05) is 36.3 Å². The number of aromatic nitrogens is 1. The van der Waals surface area contributed by atoms with Crippen LogP contribution in [0.25, 0.3) is 22.4 Å². The van der Waals surface area contributed by atoms with Gasteiger partial charge in [0.15, 0.2) is 0 Å². The SMILES string of the molecule is CCN(CCOC)C(=O)c1cc(-c2ccccc2)c(=O)n2c1-c1cc(Cl)ccc1CN2. The molecule has 1 amide bonds. The molecule has 4 rings (SSSR count). The average Bonchev–Trinajstić information content (AvgIpc) is 2.80. The molecule has 1 aliphatic heterocycles. The van der Waals surface area contributed by atoms with Gasteiger partial charge in [-0.1, -0.05) is 48.0 Å². The second-order valence-corrected chi connectivity index (χ2v) is 7.78. The standard InChI is InChI=1S/C24H24ClN3O3/c1-3-27(11-12-31-2)23(29)21-14-20(16-7-5-4-6-8-16)24(30)28-22(21)19-13-18(25)10-9-17(19)15-26-28/h4-10,13-14,26H,3,11-12,15H2,1-2H3. The third-order valence-electron chi connectivity index (χ3n) is 5.51. The van der Waals surface area contributed by atoms with Crippen LogP contribution in [-0.2, 0) is 11.3 Å². The lowest BCUT2D eigenvalue weighted by molar-refractivity contribution is 0.0706. The van der Waals surface area contributed by atoms with E-state index in [1.807, 2.05) is 55.5 Å². The molecule has 31 heavy (non-hydrogen) atoms. The van der Waals surface area contributed by atoms with E-state index < -0.39 is 0 Å². The number of fused-ring (bicyclic) bond motifs is 3. The molecule has 0 fully saturated rings. The van der Waals surface area contributed by atoms with E-state index in [0.717, 1.165) is 16.7 Å². The molecular formula is C24H24ClN3O3. The van der Waals surface area contributed by atoms with E-state index in [4.69, 9.17) is 16.3 Å². The number of rotatable bonds is 6. The Hall–Kier alpha value is -3.09. The van der Waals surface area contributed by atoms with Crippen LogP contribution in [0.2, 0.25) is 5.02 Å². The number of ether oxygens (including phenoxy) is 1. The maximum atomic E-state index is 13.6. The molecule has 1 N–H and O–H groups in total. The molecule has 7 heteroatoms. The summed E-state index contributed by atoms with van der Waals surface area (Å²) in [7, 11) is 1.61. The number of carbonyl (C=O) groups is 1. The summed E-state index contributed by atoms with van der Waals surface area (Å²) in [4.78, 5) is 28.8. The van der Waals surface area contributed by atoms with Gasteiger partial charge in [-0.25, -0.2) is 4.68 Å². The summed E-state index contributed by atoms with van der Waals surface area (Å²) in [5, 5.41) is 0.553. The summed E-state index contributed by atoms with van der Waals surface area (Å²) in [6.07, 6.45) is 0. The Morgan fingerprint density at radius 1 is 1.16 bits per heavy atom. The van der Waals surface area contributed by atoms with Crippen molar-refractivity contribution in [2.75, 3.05) is 32.2 Å². The summed E-state index contributed by atoms with van der Waals surface area (Å²) in [5.41, 5.74) is 6.95. The minimum atomic E-state index is -0.205. The predicted molar refractivity (Wildman–Crippen MR) is 123 cm³/mol. The van der Waals surface area contributed by atoms with E-state index >= 15 is 0 Å². The predicted octanol–water partition coefficient (Wildman–Crippen LogP) is 4.00. The third kappa shape index (κ3) is 3.96. The van der Waals surface area contributed by atoms with Crippen LogP contribution in [0.4, 0.5) is 0 Å². The van der Waals surface area contributed by atoms with Gasteiger partial charge in [-0.3, -0.25) is 9.59 Å². The van der Waals surface area contributed by atoms with Crippen molar-refractivity contribution in [1.29, 1.82) is 0 Å². The lowest BCUT2D eigenvalue weighted by Crippen LogP contribution is -2.39. The molecule has 0 saturated carbocycles. The molecule has 0 atom stereocenters. The van der Waals surface area contributed by atoms with E-state index in [1.165, 1.54) is 4.68 Å². The molecule has 2 heterocycles. The van der Waals surface area contributed by atoms with Crippen LogP contribution >= 0.6 is 11.6 Å². The van der Waals surface area contributed by atoms with Crippen molar-refractivity contribution in [3.05, 3.63) is 81.1 Å². The lowest BCUT2D eigenvalue weighted by atomic mass is 9.95. The highest BCUT2D eigenvalue weighted by atomic mass is 35.5. The number of hydrogen-bond acceptors (Lipinski definition) is 4. The molecule has 3 aromatic rings. The molecule has 0 unspecified atom stereocenters. The maximum absolute atomic E-state index is 13.6. The van der Waals surface area contributed by atoms with Crippen molar-refractivity contribution < 1.29 is 9.53 Å². The van der Waals surface area contributed by atoms with Gasteiger partial charge in [-0.05, 0) is 36.2 Å². The fourth-order valence-electron chi connectivity index (χ4n) is 3.88. The number of carbonyl (C=O) groups excluding carboxylic acids is 1. The maximum Gasteiger partial charge on any atom is 0.277 e. The second-order valence-electron chi connectivity index (χ2n) is 7.34. The monoisotopic (exact) mass is 437 g/mol. The van der Waals surface area contributed by atoms with Crippen LogP contribution in [0.5, 0.6) is 0 Å². The smallest absolute Gasteiger partial charge is 0.277 e. The van der Waals surface area contributed by atoms with Crippen molar-refractivity contribution in [2.45, 2.75) is 13.5 Å². The number of likely N-dealkylation sites (N-methyl/N-ethyl adjacent to an activating group) is 1. The summed E-state index contributed by atoms with van der Waals surface area (Å²) in [6.45, 7) is 3.81. The van der Waals surface area contributed by atoms with Gasteiger partial charge in [0.1, 0.15) is 0 Å². The Balaban J connectivity index is 1.98. The van der Waals surface area contributed by atoms with Gasteiger partial charge in [0.25, 0.3) is 11.5 Å². The fourth-order valence-corrected chi connectivity index (χ4v) is 4.06. The topological polar surface area (TPSA) is 63.6 Å². The summed E-state index contributed by atoms with van der Waals surface area (Å²) < 4.78 is 6.66. The van der Waals surface area contributed by atoms with Crippen molar-refractivity contribution in [3.63, 3.8) is 0 Å². The summed E-state index contributed by atoms with van der Waals surface area (Å²) >= 11 is 6.28. The number of benzene rings is 2.